The molecule has 2 rings (SSSR count). The van der Waals surface area contributed by atoms with Gasteiger partial charge in [0.2, 0.25) is 0 Å². The molecule has 1 aliphatic rings. The predicted molar refractivity (Wildman–Crippen MR) is 73.2 cm³/mol. The van der Waals surface area contributed by atoms with Crippen LogP contribution in [0.25, 0.3) is 0 Å². The molecular weight excluding hydrogens is 322 g/mol. The van der Waals surface area contributed by atoms with Crippen molar-refractivity contribution in [1.82, 2.24) is 4.98 Å². The molecule has 1 saturated heterocycles. The van der Waals surface area contributed by atoms with Crippen LogP contribution in [0.2, 0.25) is 5.02 Å². The third-order valence-corrected chi connectivity index (χ3v) is 4.19. The topological polar surface area (TPSA) is 16.1 Å². The number of nitrogens with zero attached hydrogens (tertiary/aromatic N) is 2. The van der Waals surface area contributed by atoms with Gasteiger partial charge in [0.25, 0.3) is 0 Å². The van der Waals surface area contributed by atoms with Gasteiger partial charge in [0.1, 0.15) is 5.82 Å². The Hall–Kier alpha value is -0.0300. The van der Waals surface area contributed by atoms with Gasteiger partial charge in [-0.1, -0.05) is 34.2 Å². The van der Waals surface area contributed by atoms with Gasteiger partial charge in [-0.05, 0) is 31.4 Å². The van der Waals surface area contributed by atoms with E-state index in [0.717, 1.165) is 27.9 Å². The molecule has 0 spiro atoms. The first-order chi connectivity index (χ1) is 7.16. The van der Waals surface area contributed by atoms with Crippen LogP contribution in [-0.4, -0.2) is 22.0 Å². The van der Waals surface area contributed by atoms with E-state index in [0.29, 0.717) is 0 Å². The minimum Gasteiger partial charge on any atom is -0.356 e. The van der Waals surface area contributed by atoms with Crippen molar-refractivity contribution in [2.45, 2.75) is 23.7 Å². The lowest BCUT2D eigenvalue weighted by molar-refractivity contribution is 0.599. The Balaban J connectivity index is 2.15. The van der Waals surface area contributed by atoms with Crippen LogP contribution in [-0.2, 0) is 0 Å². The number of pyridine rings is 1. The van der Waals surface area contributed by atoms with E-state index in [1.165, 1.54) is 18.4 Å². The van der Waals surface area contributed by atoms with Crippen molar-refractivity contribution in [2.24, 2.45) is 0 Å². The fourth-order valence-corrected chi connectivity index (χ4v) is 2.69. The average molecular weight is 337 g/mol. The third kappa shape index (κ3) is 2.75. The zero-order valence-corrected chi connectivity index (χ0v) is 11.6. The van der Waals surface area contributed by atoms with Gasteiger partial charge >= 0.3 is 0 Å². The molecule has 82 valence electrons. The number of hydrogen-bond acceptors (Lipinski definition) is 2. The Morgan fingerprint density at radius 3 is 2.73 bits per heavy atom. The number of piperidine rings is 1. The van der Waals surface area contributed by atoms with Crippen molar-refractivity contribution in [3.8, 4) is 0 Å². The summed E-state index contributed by atoms with van der Waals surface area (Å²) in [5.41, 5.74) is 1.18. The molecule has 15 heavy (non-hydrogen) atoms. The molecule has 0 bridgehead atoms. The number of rotatable bonds is 1. The molecular formula is C11H14ClIN2. The summed E-state index contributed by atoms with van der Waals surface area (Å²) in [7, 11) is 0. The van der Waals surface area contributed by atoms with Gasteiger partial charge in [-0.25, -0.2) is 4.98 Å². The van der Waals surface area contributed by atoms with E-state index in [4.69, 9.17) is 11.6 Å². The lowest BCUT2D eigenvalue weighted by Gasteiger charge is -2.31. The Bertz CT molecular complexity index is 348. The van der Waals surface area contributed by atoms with E-state index in [1.807, 2.05) is 6.07 Å². The molecule has 2 nitrogen and oxygen atoms in total. The summed E-state index contributed by atoms with van der Waals surface area (Å²) in [5, 5.41) is 0.722. The fraction of sp³-hybridized carbons (Fsp3) is 0.545. The Kier molecular flexibility index (Phi) is 3.72. The smallest absolute Gasteiger partial charge is 0.131 e. The van der Waals surface area contributed by atoms with E-state index < -0.39 is 0 Å². The van der Waals surface area contributed by atoms with Crippen molar-refractivity contribution in [3.63, 3.8) is 0 Å². The second-order valence-corrected chi connectivity index (χ2v) is 6.15. The zero-order chi connectivity index (χ0) is 10.8. The first-order valence-electron chi connectivity index (χ1n) is 5.18. The number of halogens is 2. The van der Waals surface area contributed by atoms with Gasteiger partial charge < -0.3 is 4.90 Å². The van der Waals surface area contributed by atoms with Gasteiger partial charge in [0.15, 0.2) is 0 Å². The fourth-order valence-electron chi connectivity index (χ4n) is 1.92. The number of hydrogen-bond donors (Lipinski definition) is 0. The molecule has 0 amide bonds. The van der Waals surface area contributed by atoms with Crippen LogP contribution in [0, 0.1) is 6.92 Å². The van der Waals surface area contributed by atoms with E-state index in [9.17, 15) is 0 Å². The lowest BCUT2D eigenvalue weighted by atomic mass is 10.1. The molecule has 0 atom stereocenters. The SMILES string of the molecule is Cc1cc(Cl)cnc1N1CCC(I)CC1. The molecule has 0 N–H and O–H groups in total. The Labute approximate surface area is 109 Å². The second kappa shape index (κ2) is 4.87. The predicted octanol–water partition coefficient (Wildman–Crippen LogP) is 3.45. The summed E-state index contributed by atoms with van der Waals surface area (Å²) < 4.78 is 0.825. The van der Waals surface area contributed by atoms with E-state index in [2.05, 4.69) is 39.4 Å². The van der Waals surface area contributed by atoms with Crippen molar-refractivity contribution in [2.75, 3.05) is 18.0 Å². The number of aromatic nitrogens is 1. The van der Waals surface area contributed by atoms with E-state index >= 15 is 0 Å². The molecule has 0 radical (unpaired) electrons. The number of alkyl halides is 1. The highest BCUT2D eigenvalue weighted by molar-refractivity contribution is 14.1. The quantitative estimate of drug-likeness (QED) is 0.577. The van der Waals surface area contributed by atoms with Gasteiger partial charge in [0, 0.05) is 23.2 Å². The van der Waals surface area contributed by atoms with Gasteiger partial charge in [0.05, 0.1) is 5.02 Å². The van der Waals surface area contributed by atoms with Crippen LogP contribution in [0.1, 0.15) is 18.4 Å². The van der Waals surface area contributed by atoms with Crippen molar-refractivity contribution >= 4 is 40.0 Å². The summed E-state index contributed by atoms with van der Waals surface area (Å²) in [6.45, 7) is 4.30. The highest BCUT2D eigenvalue weighted by Gasteiger charge is 2.18. The highest BCUT2D eigenvalue weighted by atomic mass is 127. The van der Waals surface area contributed by atoms with Gasteiger partial charge in [-0.2, -0.15) is 0 Å². The van der Waals surface area contributed by atoms with Crippen LogP contribution >= 0.6 is 34.2 Å². The van der Waals surface area contributed by atoms with Gasteiger partial charge in [-0.3, -0.25) is 0 Å². The Morgan fingerprint density at radius 2 is 2.13 bits per heavy atom. The van der Waals surface area contributed by atoms with E-state index in [-0.39, 0.29) is 0 Å². The maximum Gasteiger partial charge on any atom is 0.131 e. The standard InChI is InChI=1S/C11H14ClIN2/c1-8-6-9(12)7-14-11(8)15-4-2-10(13)3-5-15/h6-7,10H,2-5H2,1H3. The maximum absolute atomic E-state index is 5.90. The van der Waals surface area contributed by atoms with Crippen molar-refractivity contribution < 1.29 is 0 Å². The minimum atomic E-state index is 0.722. The lowest BCUT2D eigenvalue weighted by Crippen LogP contribution is -2.34. The molecule has 1 aromatic heterocycles. The van der Waals surface area contributed by atoms with E-state index in [1.54, 1.807) is 6.20 Å². The third-order valence-electron chi connectivity index (χ3n) is 2.74. The minimum absolute atomic E-state index is 0.722. The normalized spacial score (nSPS) is 18.2. The van der Waals surface area contributed by atoms with Crippen LogP contribution in [0.4, 0.5) is 5.82 Å². The molecule has 1 aromatic rings. The molecule has 0 aromatic carbocycles. The molecule has 0 aliphatic carbocycles. The Morgan fingerprint density at radius 1 is 1.47 bits per heavy atom. The largest absolute Gasteiger partial charge is 0.356 e. The molecule has 0 saturated carbocycles. The van der Waals surface area contributed by atoms with Crippen LogP contribution in [0.3, 0.4) is 0 Å². The molecule has 2 heterocycles. The maximum atomic E-state index is 5.90. The molecule has 1 fully saturated rings. The summed E-state index contributed by atoms with van der Waals surface area (Å²) in [4.78, 5) is 6.78. The average Bonchev–Trinajstić information content (AvgIpc) is 2.20. The number of anilines is 1. The molecule has 1 aliphatic heterocycles. The van der Waals surface area contributed by atoms with Crippen molar-refractivity contribution in [3.05, 3.63) is 22.8 Å². The van der Waals surface area contributed by atoms with Gasteiger partial charge in [-0.15, -0.1) is 0 Å². The first kappa shape index (κ1) is 11.5. The van der Waals surface area contributed by atoms with Crippen LogP contribution in [0.15, 0.2) is 12.3 Å². The summed E-state index contributed by atoms with van der Waals surface area (Å²) in [5.74, 6) is 1.10. The summed E-state index contributed by atoms with van der Waals surface area (Å²) in [6, 6.07) is 1.99. The van der Waals surface area contributed by atoms with Crippen LogP contribution < -0.4 is 4.90 Å². The monoisotopic (exact) mass is 336 g/mol. The van der Waals surface area contributed by atoms with Crippen LogP contribution in [0.5, 0.6) is 0 Å². The van der Waals surface area contributed by atoms with Crippen molar-refractivity contribution in [1.29, 1.82) is 0 Å². The molecule has 4 heteroatoms. The summed E-state index contributed by atoms with van der Waals surface area (Å²) in [6.07, 6.45) is 4.24. The highest BCUT2D eigenvalue weighted by Crippen LogP contribution is 2.25. The second-order valence-electron chi connectivity index (χ2n) is 3.96. The molecule has 0 unspecified atom stereocenters. The first-order valence-corrected chi connectivity index (χ1v) is 6.80. The summed E-state index contributed by atoms with van der Waals surface area (Å²) >= 11 is 8.43. The number of aryl methyl sites for hydroxylation is 1. The zero-order valence-electron chi connectivity index (χ0n) is 8.71.